The number of hydrazine groups is 1. The summed E-state index contributed by atoms with van der Waals surface area (Å²) < 4.78 is 38.9. The molecule has 6 nitrogen and oxygen atoms in total. The standard InChI is InChI=1S/C20H23ClFN3O3S/c1-13-4-2-6-15(8-13)16-9-17(19(22)18(21)10-16)20(26)24-25-29(27,28)12-14-5-3-7-23-11-14/h2,4,6,8-10,14,23,25H,3,5,7,11-12H2,1H3,(H,24,26). The molecule has 29 heavy (non-hydrogen) atoms. The molecular weight excluding hydrogens is 417 g/mol. The van der Waals surface area contributed by atoms with E-state index >= 15 is 0 Å². The Morgan fingerprint density at radius 1 is 1.28 bits per heavy atom. The van der Waals surface area contributed by atoms with Gasteiger partial charge in [-0.3, -0.25) is 10.2 Å². The lowest BCUT2D eigenvalue weighted by Crippen LogP contribution is -2.45. The van der Waals surface area contributed by atoms with Crippen molar-refractivity contribution in [3.8, 4) is 11.1 Å². The van der Waals surface area contributed by atoms with Crippen LogP contribution in [0.2, 0.25) is 5.02 Å². The molecule has 0 bridgehead atoms. The number of hydrogen-bond acceptors (Lipinski definition) is 4. The highest BCUT2D eigenvalue weighted by Crippen LogP contribution is 2.28. The molecule has 156 valence electrons. The summed E-state index contributed by atoms with van der Waals surface area (Å²) in [4.78, 5) is 14.5. The van der Waals surface area contributed by atoms with Gasteiger partial charge in [0.25, 0.3) is 5.91 Å². The summed E-state index contributed by atoms with van der Waals surface area (Å²) in [7, 11) is -3.75. The smallest absolute Gasteiger partial charge is 0.269 e. The Kier molecular flexibility index (Phi) is 6.89. The van der Waals surface area contributed by atoms with Crippen molar-refractivity contribution in [2.24, 2.45) is 5.92 Å². The fourth-order valence-electron chi connectivity index (χ4n) is 3.36. The van der Waals surface area contributed by atoms with Crippen LogP contribution in [-0.2, 0) is 10.0 Å². The van der Waals surface area contributed by atoms with Gasteiger partial charge in [0.1, 0.15) is 0 Å². The van der Waals surface area contributed by atoms with E-state index in [1.54, 1.807) is 0 Å². The Morgan fingerprint density at radius 2 is 2.07 bits per heavy atom. The van der Waals surface area contributed by atoms with Crippen LogP contribution in [0.4, 0.5) is 4.39 Å². The molecule has 1 aliphatic rings. The molecule has 1 unspecified atom stereocenters. The number of nitrogens with one attached hydrogen (secondary N) is 3. The average molecular weight is 440 g/mol. The van der Waals surface area contributed by atoms with Crippen molar-refractivity contribution in [2.45, 2.75) is 19.8 Å². The summed E-state index contributed by atoms with van der Waals surface area (Å²) in [5.74, 6) is -1.97. The molecule has 1 atom stereocenters. The van der Waals surface area contributed by atoms with Gasteiger partial charge in [0.05, 0.1) is 16.3 Å². The van der Waals surface area contributed by atoms with Crippen LogP contribution in [0.15, 0.2) is 36.4 Å². The van der Waals surface area contributed by atoms with Crippen molar-refractivity contribution in [1.82, 2.24) is 15.6 Å². The summed E-state index contributed by atoms with van der Waals surface area (Å²) in [5, 5.41) is 2.93. The molecule has 1 amide bonds. The van der Waals surface area contributed by atoms with E-state index in [2.05, 4.69) is 15.6 Å². The lowest BCUT2D eigenvalue weighted by Gasteiger charge is -2.22. The van der Waals surface area contributed by atoms with E-state index in [0.29, 0.717) is 12.1 Å². The first-order chi connectivity index (χ1) is 13.7. The minimum atomic E-state index is -3.75. The number of amides is 1. The van der Waals surface area contributed by atoms with E-state index in [1.807, 2.05) is 31.2 Å². The Balaban J connectivity index is 1.74. The molecule has 0 radical (unpaired) electrons. The zero-order valence-electron chi connectivity index (χ0n) is 16.0. The van der Waals surface area contributed by atoms with Gasteiger partial charge in [-0.2, -0.15) is 0 Å². The maximum Gasteiger partial charge on any atom is 0.269 e. The van der Waals surface area contributed by atoms with Crippen molar-refractivity contribution < 1.29 is 17.6 Å². The number of hydrogen-bond donors (Lipinski definition) is 3. The molecule has 2 aromatic carbocycles. The van der Waals surface area contributed by atoms with Crippen LogP contribution < -0.4 is 15.6 Å². The molecule has 1 fully saturated rings. The number of carbonyl (C=O) groups is 1. The first-order valence-electron chi connectivity index (χ1n) is 9.32. The lowest BCUT2D eigenvalue weighted by molar-refractivity contribution is 0.0941. The van der Waals surface area contributed by atoms with Gasteiger partial charge in [0, 0.05) is 0 Å². The van der Waals surface area contributed by atoms with Gasteiger partial charge in [0.15, 0.2) is 5.82 Å². The molecule has 0 saturated carbocycles. The highest BCUT2D eigenvalue weighted by atomic mass is 35.5. The Bertz CT molecular complexity index is 1010. The molecule has 1 heterocycles. The first kappa shape index (κ1) is 21.7. The Hall–Kier alpha value is -2.00. The summed E-state index contributed by atoms with van der Waals surface area (Å²) in [5.41, 5.74) is 4.08. The van der Waals surface area contributed by atoms with E-state index < -0.39 is 21.7 Å². The molecule has 3 rings (SSSR count). The Morgan fingerprint density at radius 3 is 2.76 bits per heavy atom. The fourth-order valence-corrected chi connectivity index (χ4v) is 4.81. The number of aryl methyl sites for hydroxylation is 1. The van der Waals surface area contributed by atoms with Gasteiger partial charge in [-0.15, -0.1) is 4.83 Å². The molecule has 9 heteroatoms. The van der Waals surface area contributed by atoms with Crippen LogP contribution in [0.5, 0.6) is 0 Å². The monoisotopic (exact) mass is 439 g/mol. The second-order valence-corrected chi connectivity index (χ2v) is 9.41. The zero-order chi connectivity index (χ0) is 21.0. The van der Waals surface area contributed by atoms with E-state index in [9.17, 15) is 17.6 Å². The number of sulfonamides is 1. The van der Waals surface area contributed by atoms with Gasteiger partial charge in [-0.1, -0.05) is 41.4 Å². The highest BCUT2D eigenvalue weighted by Gasteiger charge is 2.23. The molecule has 1 saturated heterocycles. The largest absolute Gasteiger partial charge is 0.316 e. The van der Waals surface area contributed by atoms with Gasteiger partial charge >= 0.3 is 0 Å². The quantitative estimate of drug-likeness (QED) is 0.604. The molecule has 3 N–H and O–H groups in total. The van der Waals surface area contributed by atoms with E-state index in [4.69, 9.17) is 11.6 Å². The van der Waals surface area contributed by atoms with Crippen molar-refractivity contribution >= 4 is 27.5 Å². The maximum absolute atomic E-state index is 14.4. The van der Waals surface area contributed by atoms with Crippen molar-refractivity contribution in [3.05, 3.63) is 58.4 Å². The van der Waals surface area contributed by atoms with Crippen molar-refractivity contribution in [2.75, 3.05) is 18.8 Å². The van der Waals surface area contributed by atoms with Crippen LogP contribution in [0.1, 0.15) is 28.8 Å². The van der Waals surface area contributed by atoms with Crippen molar-refractivity contribution in [3.63, 3.8) is 0 Å². The summed E-state index contributed by atoms with van der Waals surface area (Å²) in [6.07, 6.45) is 1.70. The van der Waals surface area contributed by atoms with Crippen LogP contribution in [-0.4, -0.2) is 33.2 Å². The second kappa shape index (κ2) is 9.21. The van der Waals surface area contributed by atoms with Crippen LogP contribution >= 0.6 is 11.6 Å². The molecule has 2 aromatic rings. The number of halogens is 2. The third-order valence-electron chi connectivity index (χ3n) is 4.80. The van der Waals surface area contributed by atoms with E-state index in [1.165, 1.54) is 12.1 Å². The van der Waals surface area contributed by atoms with Crippen LogP contribution in [0.3, 0.4) is 0 Å². The predicted molar refractivity (Wildman–Crippen MR) is 112 cm³/mol. The van der Waals surface area contributed by atoms with Crippen LogP contribution in [0, 0.1) is 18.7 Å². The van der Waals surface area contributed by atoms with Gasteiger partial charge < -0.3 is 5.32 Å². The topological polar surface area (TPSA) is 87.3 Å². The SMILES string of the molecule is Cc1cccc(-c2cc(Cl)c(F)c(C(=O)NNS(=O)(=O)CC3CCCNC3)c2)c1. The van der Waals surface area contributed by atoms with Gasteiger partial charge in [-0.05, 0) is 62.0 Å². The van der Waals surface area contributed by atoms with Crippen LogP contribution in [0.25, 0.3) is 11.1 Å². The van der Waals surface area contributed by atoms with Gasteiger partial charge in [0.2, 0.25) is 10.0 Å². The maximum atomic E-state index is 14.4. The predicted octanol–water partition coefficient (Wildman–Crippen LogP) is 3.02. The van der Waals surface area contributed by atoms with E-state index in [-0.39, 0.29) is 22.3 Å². The average Bonchev–Trinajstić information content (AvgIpc) is 2.68. The summed E-state index contributed by atoms with van der Waals surface area (Å²) in [6.45, 7) is 3.40. The number of piperidine rings is 1. The second-order valence-electron chi connectivity index (χ2n) is 7.24. The molecule has 1 aliphatic heterocycles. The summed E-state index contributed by atoms with van der Waals surface area (Å²) >= 11 is 5.97. The zero-order valence-corrected chi connectivity index (χ0v) is 17.5. The third kappa shape index (κ3) is 5.76. The highest BCUT2D eigenvalue weighted by molar-refractivity contribution is 7.89. The first-order valence-corrected chi connectivity index (χ1v) is 11.3. The third-order valence-corrected chi connectivity index (χ3v) is 6.40. The lowest BCUT2D eigenvalue weighted by atomic mass is 10.0. The molecular formula is C20H23ClFN3O3S. The fraction of sp³-hybridized carbons (Fsp3) is 0.350. The number of benzene rings is 2. The Labute approximate surface area is 174 Å². The van der Waals surface area contributed by atoms with Crippen molar-refractivity contribution in [1.29, 1.82) is 0 Å². The normalized spacial score (nSPS) is 17.1. The van der Waals surface area contributed by atoms with Gasteiger partial charge in [-0.25, -0.2) is 12.8 Å². The molecule has 0 aliphatic carbocycles. The van der Waals surface area contributed by atoms with E-state index in [0.717, 1.165) is 30.5 Å². The molecule has 0 aromatic heterocycles. The number of rotatable bonds is 6. The minimum Gasteiger partial charge on any atom is -0.316 e. The minimum absolute atomic E-state index is 0.0334. The molecule has 0 spiro atoms. The summed E-state index contributed by atoms with van der Waals surface area (Å²) in [6, 6.07) is 10.2. The number of carbonyl (C=O) groups excluding carboxylic acids is 1.